The van der Waals surface area contributed by atoms with Crippen molar-refractivity contribution in [2.45, 2.75) is 36.3 Å². The van der Waals surface area contributed by atoms with Crippen LogP contribution in [0.25, 0.3) is 10.9 Å². The number of aliphatic hydroxyl groups is 1. The van der Waals surface area contributed by atoms with Crippen molar-refractivity contribution in [2.75, 3.05) is 39.3 Å². The molecule has 1 N–H and O–H groups in total. The minimum absolute atomic E-state index is 0.0175. The highest BCUT2D eigenvalue weighted by atomic mass is 19.3. The lowest BCUT2D eigenvalue weighted by Gasteiger charge is -2.41. The average molecular weight is 540 g/mol. The largest absolute Gasteiger partial charge is 0.490 e. The van der Waals surface area contributed by atoms with Crippen LogP contribution in [0.15, 0.2) is 72.9 Å². The Hall–Kier alpha value is -3.39. The standard InChI is InChI=1S/C33H31F2N3O2/c34-33(35)30-22-5-1-2-6-23(22)32(25-11-10-20-17-26(20)29(25)31(30)33)38-15-13-37(14-16-38)18-21(39)19-40-28-9-3-8-27-24(28)7-4-12-36-27/h1-12,21,30-32,39H,13-19H2/t21-,30-,31+,32?/m1/s1. The number of hydrogen-bond acceptors (Lipinski definition) is 5. The van der Waals surface area contributed by atoms with E-state index in [9.17, 15) is 5.11 Å². The van der Waals surface area contributed by atoms with E-state index in [0.717, 1.165) is 77.1 Å². The number of aromatic nitrogens is 1. The predicted molar refractivity (Wildman–Crippen MR) is 149 cm³/mol. The van der Waals surface area contributed by atoms with E-state index < -0.39 is 23.9 Å². The first kappa shape index (κ1) is 24.4. The first-order valence-electron chi connectivity index (χ1n) is 14.2. The van der Waals surface area contributed by atoms with Crippen LogP contribution in [0.3, 0.4) is 0 Å². The number of benzene rings is 3. The number of pyridine rings is 1. The van der Waals surface area contributed by atoms with E-state index >= 15 is 8.78 Å². The lowest BCUT2D eigenvalue weighted by molar-refractivity contribution is 0.0400. The van der Waals surface area contributed by atoms with Crippen molar-refractivity contribution < 1.29 is 18.6 Å². The maximum atomic E-state index is 15.2. The molecule has 8 rings (SSSR count). The zero-order chi connectivity index (χ0) is 27.0. The molecule has 0 bridgehead atoms. The molecule has 40 heavy (non-hydrogen) atoms. The summed E-state index contributed by atoms with van der Waals surface area (Å²) in [6.07, 6.45) is 1.98. The fourth-order valence-electron chi connectivity index (χ4n) is 7.25. The summed E-state index contributed by atoms with van der Waals surface area (Å²) in [5, 5.41) is 11.7. The summed E-state index contributed by atoms with van der Waals surface area (Å²) in [4.78, 5) is 9.10. The Bertz CT molecular complexity index is 1610. The van der Waals surface area contributed by atoms with Crippen LogP contribution in [0.5, 0.6) is 5.75 Å². The van der Waals surface area contributed by atoms with Crippen LogP contribution in [-0.4, -0.2) is 71.2 Å². The van der Waals surface area contributed by atoms with Gasteiger partial charge in [0.1, 0.15) is 18.5 Å². The molecule has 5 nitrogen and oxygen atoms in total. The SMILES string of the molecule is O[C@@H](COc1cccc2ncccc12)CN1CCN(C2c3ccccc3[C@@H]3[C@H](c4c2ccc2c4C2)C3(F)F)CC1. The topological polar surface area (TPSA) is 48.8 Å². The summed E-state index contributed by atoms with van der Waals surface area (Å²) in [7, 11) is 0. The molecule has 0 amide bonds. The molecule has 2 heterocycles. The minimum atomic E-state index is -2.67. The summed E-state index contributed by atoms with van der Waals surface area (Å²) in [6, 6.07) is 21.7. The number of fused-ring (bicyclic) bond motifs is 8. The maximum absolute atomic E-state index is 15.2. The number of aliphatic hydroxyl groups excluding tert-OH is 1. The van der Waals surface area contributed by atoms with Gasteiger partial charge < -0.3 is 9.84 Å². The fraction of sp³-hybridized carbons (Fsp3) is 0.364. The highest BCUT2D eigenvalue weighted by Gasteiger charge is 2.72. The van der Waals surface area contributed by atoms with Gasteiger partial charge in [-0.3, -0.25) is 14.8 Å². The van der Waals surface area contributed by atoms with Gasteiger partial charge in [0.15, 0.2) is 0 Å². The van der Waals surface area contributed by atoms with Crippen molar-refractivity contribution in [3.63, 3.8) is 0 Å². The van der Waals surface area contributed by atoms with Crippen molar-refractivity contribution in [1.82, 2.24) is 14.8 Å². The molecular weight excluding hydrogens is 508 g/mol. The Labute approximate surface area is 232 Å². The molecule has 4 atom stereocenters. The van der Waals surface area contributed by atoms with E-state index in [1.165, 1.54) is 5.56 Å². The Balaban J connectivity index is 0.976. The summed E-state index contributed by atoms with van der Waals surface area (Å²) >= 11 is 0. The molecule has 1 unspecified atom stereocenters. The number of hydrogen-bond donors (Lipinski definition) is 1. The van der Waals surface area contributed by atoms with Gasteiger partial charge in [-0.15, -0.1) is 0 Å². The Morgan fingerprint density at radius 3 is 2.58 bits per heavy atom. The average Bonchev–Trinajstić information content (AvgIpc) is 3.87. The van der Waals surface area contributed by atoms with E-state index in [4.69, 9.17) is 4.74 Å². The summed E-state index contributed by atoms with van der Waals surface area (Å²) in [6.45, 7) is 3.96. The molecule has 3 aromatic carbocycles. The third kappa shape index (κ3) is 3.86. The normalized spacial score (nSPS) is 25.2. The van der Waals surface area contributed by atoms with Crippen molar-refractivity contribution in [3.05, 3.63) is 106 Å². The summed E-state index contributed by atoms with van der Waals surface area (Å²) < 4.78 is 36.3. The molecule has 2 fully saturated rings. The third-order valence-electron chi connectivity index (χ3n) is 9.29. The molecule has 1 aromatic heterocycles. The second-order valence-corrected chi connectivity index (χ2v) is 11.7. The van der Waals surface area contributed by atoms with Crippen LogP contribution in [0.4, 0.5) is 8.78 Å². The quantitative estimate of drug-likeness (QED) is 0.325. The zero-order valence-corrected chi connectivity index (χ0v) is 22.1. The fourth-order valence-corrected chi connectivity index (χ4v) is 7.25. The lowest BCUT2D eigenvalue weighted by atomic mass is 9.90. The highest BCUT2D eigenvalue weighted by Crippen LogP contribution is 2.72. The summed E-state index contributed by atoms with van der Waals surface area (Å²) in [5.74, 6) is -3.36. The van der Waals surface area contributed by atoms with Crippen molar-refractivity contribution in [2.24, 2.45) is 0 Å². The van der Waals surface area contributed by atoms with Crippen LogP contribution in [0.2, 0.25) is 0 Å². The monoisotopic (exact) mass is 539 g/mol. The number of ether oxygens (including phenoxy) is 1. The highest BCUT2D eigenvalue weighted by molar-refractivity contribution is 5.84. The maximum Gasteiger partial charge on any atom is 0.263 e. The number of piperazine rings is 1. The van der Waals surface area contributed by atoms with Crippen molar-refractivity contribution >= 4 is 10.9 Å². The number of β-amino-alcohol motifs (C(OH)–C–C–N with tert-alkyl or cyclic N) is 1. The lowest BCUT2D eigenvalue weighted by Crippen LogP contribution is -2.50. The summed E-state index contributed by atoms with van der Waals surface area (Å²) in [5.41, 5.74) is 7.09. The van der Waals surface area contributed by atoms with Crippen LogP contribution in [0, 0.1) is 0 Å². The number of nitrogens with zero attached hydrogens (tertiary/aromatic N) is 3. The molecule has 4 aromatic rings. The molecule has 1 saturated carbocycles. The molecule has 4 aliphatic rings. The van der Waals surface area contributed by atoms with Crippen LogP contribution >= 0.6 is 0 Å². The van der Waals surface area contributed by atoms with Gasteiger partial charge in [-0.2, -0.15) is 0 Å². The number of halogens is 2. The van der Waals surface area contributed by atoms with Crippen molar-refractivity contribution in [3.8, 4) is 5.75 Å². The third-order valence-corrected chi connectivity index (χ3v) is 9.29. The molecule has 0 spiro atoms. The first-order chi connectivity index (χ1) is 19.5. The smallest absolute Gasteiger partial charge is 0.263 e. The number of rotatable bonds is 6. The van der Waals surface area contributed by atoms with Gasteiger partial charge >= 0.3 is 0 Å². The van der Waals surface area contributed by atoms with Gasteiger partial charge in [-0.05, 0) is 64.1 Å². The van der Waals surface area contributed by atoms with Crippen LogP contribution < -0.4 is 4.74 Å². The Morgan fingerprint density at radius 1 is 0.900 bits per heavy atom. The van der Waals surface area contributed by atoms with Crippen molar-refractivity contribution in [1.29, 1.82) is 0 Å². The van der Waals surface area contributed by atoms with Gasteiger partial charge in [0.2, 0.25) is 0 Å². The van der Waals surface area contributed by atoms with E-state index in [1.807, 2.05) is 48.5 Å². The molecular formula is C33H31F2N3O2. The van der Waals surface area contributed by atoms with Gasteiger partial charge in [0, 0.05) is 44.3 Å². The first-order valence-corrected chi connectivity index (χ1v) is 14.2. The number of alkyl halides is 2. The van der Waals surface area contributed by atoms with Crippen LogP contribution in [0.1, 0.15) is 51.3 Å². The predicted octanol–water partition coefficient (Wildman–Crippen LogP) is 5.12. The molecule has 0 radical (unpaired) electrons. The molecule has 3 aliphatic carbocycles. The molecule has 7 heteroatoms. The van der Waals surface area contributed by atoms with Gasteiger partial charge in [0.05, 0.1) is 23.4 Å². The molecule has 1 aliphatic heterocycles. The second kappa shape index (κ2) is 9.06. The van der Waals surface area contributed by atoms with E-state index in [2.05, 4.69) is 33.0 Å². The zero-order valence-electron chi connectivity index (χ0n) is 22.1. The van der Waals surface area contributed by atoms with Gasteiger partial charge in [-0.1, -0.05) is 42.5 Å². The Morgan fingerprint density at radius 2 is 1.73 bits per heavy atom. The van der Waals surface area contributed by atoms with Crippen LogP contribution in [-0.2, 0) is 6.42 Å². The second-order valence-electron chi connectivity index (χ2n) is 11.7. The minimum Gasteiger partial charge on any atom is -0.490 e. The van der Waals surface area contributed by atoms with Gasteiger partial charge in [0.25, 0.3) is 5.92 Å². The Kier molecular flexibility index (Phi) is 5.53. The van der Waals surface area contributed by atoms with E-state index in [0.29, 0.717) is 6.54 Å². The van der Waals surface area contributed by atoms with E-state index in [1.54, 1.807) is 6.20 Å². The van der Waals surface area contributed by atoms with E-state index in [-0.39, 0.29) is 12.6 Å². The van der Waals surface area contributed by atoms with Gasteiger partial charge in [-0.25, -0.2) is 8.78 Å². The molecule has 204 valence electrons. The molecule has 1 saturated heterocycles.